The Hall–Kier alpha value is -0.940. The highest BCUT2D eigenvalue weighted by atomic mass is 32.1. The van der Waals surface area contributed by atoms with Crippen LogP contribution in [-0.2, 0) is 5.41 Å². The van der Waals surface area contributed by atoms with E-state index >= 15 is 0 Å². The van der Waals surface area contributed by atoms with E-state index in [0.717, 1.165) is 15.5 Å². The highest BCUT2D eigenvalue weighted by molar-refractivity contribution is 7.71. The summed E-state index contributed by atoms with van der Waals surface area (Å²) in [6.45, 7) is 10.8. The molecule has 3 nitrogen and oxygen atoms in total. The van der Waals surface area contributed by atoms with Crippen molar-refractivity contribution in [3.63, 3.8) is 0 Å². The van der Waals surface area contributed by atoms with Crippen LogP contribution in [0.5, 0.6) is 0 Å². The van der Waals surface area contributed by atoms with Gasteiger partial charge < -0.3 is 9.55 Å². The third-order valence-corrected chi connectivity index (χ3v) is 4.41. The third-order valence-electron chi connectivity index (χ3n) is 2.96. The summed E-state index contributed by atoms with van der Waals surface area (Å²) in [7, 11) is 0. The Morgan fingerprint density at radius 1 is 1.44 bits per heavy atom. The van der Waals surface area contributed by atoms with Crippen LogP contribution in [0.2, 0.25) is 0 Å². The summed E-state index contributed by atoms with van der Waals surface area (Å²) in [5.41, 5.74) is 2.35. The second kappa shape index (κ2) is 4.63. The predicted molar refractivity (Wildman–Crippen MR) is 79.0 cm³/mol. The average molecular weight is 281 g/mol. The molecule has 2 heterocycles. The van der Waals surface area contributed by atoms with Crippen molar-refractivity contribution >= 4 is 23.6 Å². The molecule has 0 aliphatic rings. The van der Waals surface area contributed by atoms with Gasteiger partial charge in [-0.05, 0) is 26.1 Å². The number of H-pyrrole nitrogens is 1. The molecule has 0 aliphatic carbocycles. The number of nitrogens with zero attached hydrogens (tertiary/aromatic N) is 2. The lowest BCUT2D eigenvalue weighted by Crippen LogP contribution is -2.20. The van der Waals surface area contributed by atoms with Crippen molar-refractivity contribution in [3.05, 3.63) is 32.7 Å². The van der Waals surface area contributed by atoms with E-state index in [1.165, 1.54) is 5.69 Å². The molecule has 0 bridgehead atoms. The molecule has 0 spiro atoms. The van der Waals surface area contributed by atoms with Gasteiger partial charge >= 0.3 is 0 Å². The van der Waals surface area contributed by atoms with E-state index in [1.54, 1.807) is 11.3 Å². The monoisotopic (exact) mass is 281 g/mol. The van der Waals surface area contributed by atoms with Gasteiger partial charge in [-0.15, -0.1) is 11.3 Å². The summed E-state index contributed by atoms with van der Waals surface area (Å²) < 4.78 is 2.94. The summed E-state index contributed by atoms with van der Waals surface area (Å²) in [6.07, 6.45) is 2.01. The van der Waals surface area contributed by atoms with Crippen molar-refractivity contribution in [2.75, 3.05) is 0 Å². The number of hydrogen-bond donors (Lipinski definition) is 1. The molecule has 98 valence electrons. The highest BCUT2D eigenvalue weighted by Gasteiger charge is 2.23. The largest absolute Gasteiger partial charge is 0.337 e. The van der Waals surface area contributed by atoms with Crippen LogP contribution in [0.25, 0.3) is 0 Å². The minimum atomic E-state index is 0.0636. The quantitative estimate of drug-likeness (QED) is 0.836. The van der Waals surface area contributed by atoms with Crippen molar-refractivity contribution < 1.29 is 0 Å². The second-order valence-corrected chi connectivity index (χ2v) is 6.88. The Morgan fingerprint density at radius 2 is 2.11 bits per heavy atom. The summed E-state index contributed by atoms with van der Waals surface area (Å²) in [6, 6.07) is 0.177. The molecule has 1 unspecified atom stereocenters. The minimum absolute atomic E-state index is 0.0636. The molecule has 2 rings (SSSR count). The zero-order valence-corrected chi connectivity index (χ0v) is 13.1. The van der Waals surface area contributed by atoms with Crippen LogP contribution >= 0.6 is 23.6 Å². The van der Waals surface area contributed by atoms with Gasteiger partial charge in [-0.3, -0.25) is 0 Å². The summed E-state index contributed by atoms with van der Waals surface area (Å²) in [5, 5.41) is 3.19. The standard InChI is InChI=1S/C13H19N3S2/c1-8-7-18-11(15-8)9(2)16-10(13(3,4)5)6-14-12(16)17/h6-7,9H,1-5H3,(H,14,17). The topological polar surface area (TPSA) is 33.6 Å². The Labute approximate surface area is 117 Å². The van der Waals surface area contributed by atoms with Crippen LogP contribution in [-0.4, -0.2) is 14.5 Å². The maximum atomic E-state index is 5.41. The number of imidazole rings is 1. The van der Waals surface area contributed by atoms with E-state index in [9.17, 15) is 0 Å². The van der Waals surface area contributed by atoms with Gasteiger partial charge in [0.2, 0.25) is 0 Å². The van der Waals surface area contributed by atoms with Gasteiger partial charge in [-0.25, -0.2) is 4.98 Å². The highest BCUT2D eigenvalue weighted by Crippen LogP contribution is 2.29. The third kappa shape index (κ3) is 2.42. The van der Waals surface area contributed by atoms with Gasteiger partial charge in [-0.1, -0.05) is 20.8 Å². The first-order chi connectivity index (χ1) is 8.30. The summed E-state index contributed by atoms with van der Waals surface area (Å²) in [5.74, 6) is 0. The van der Waals surface area contributed by atoms with Gasteiger partial charge in [-0.2, -0.15) is 0 Å². The summed E-state index contributed by atoms with van der Waals surface area (Å²) >= 11 is 7.10. The Morgan fingerprint density at radius 3 is 2.61 bits per heavy atom. The average Bonchev–Trinajstić information content (AvgIpc) is 2.82. The van der Waals surface area contributed by atoms with Gasteiger partial charge in [0.1, 0.15) is 5.01 Å². The van der Waals surface area contributed by atoms with Crippen LogP contribution in [0.4, 0.5) is 0 Å². The molecule has 18 heavy (non-hydrogen) atoms. The van der Waals surface area contributed by atoms with Crippen LogP contribution in [0.15, 0.2) is 11.6 Å². The predicted octanol–water partition coefficient (Wildman–Crippen LogP) is 4.22. The minimum Gasteiger partial charge on any atom is -0.337 e. The molecule has 0 radical (unpaired) electrons. The number of aromatic nitrogens is 3. The lowest BCUT2D eigenvalue weighted by Gasteiger charge is -2.23. The molecule has 0 saturated heterocycles. The molecule has 0 saturated carbocycles. The Bertz CT molecular complexity index is 598. The Kier molecular flexibility index (Phi) is 3.47. The van der Waals surface area contributed by atoms with Gasteiger partial charge in [0, 0.05) is 28.4 Å². The summed E-state index contributed by atoms with van der Waals surface area (Å²) in [4.78, 5) is 7.72. The maximum Gasteiger partial charge on any atom is 0.178 e. The van der Waals surface area contributed by atoms with Gasteiger partial charge in [0.05, 0.1) is 6.04 Å². The van der Waals surface area contributed by atoms with Crippen LogP contribution in [0, 0.1) is 11.7 Å². The van der Waals surface area contributed by atoms with E-state index in [-0.39, 0.29) is 11.5 Å². The molecule has 2 aromatic heterocycles. The molecular formula is C13H19N3S2. The number of rotatable bonds is 2. The number of thiazole rings is 1. The fraction of sp³-hybridized carbons (Fsp3) is 0.538. The molecule has 1 atom stereocenters. The van der Waals surface area contributed by atoms with Crippen LogP contribution in [0.3, 0.4) is 0 Å². The van der Waals surface area contributed by atoms with Gasteiger partial charge in [0.15, 0.2) is 4.77 Å². The molecule has 0 fully saturated rings. The normalized spacial score (nSPS) is 13.8. The molecule has 0 aromatic carbocycles. The van der Waals surface area contributed by atoms with E-state index in [0.29, 0.717) is 0 Å². The second-order valence-electron chi connectivity index (χ2n) is 5.60. The lowest BCUT2D eigenvalue weighted by molar-refractivity contribution is 0.494. The lowest BCUT2D eigenvalue weighted by atomic mass is 9.92. The van der Waals surface area contributed by atoms with E-state index in [4.69, 9.17) is 12.2 Å². The Balaban J connectivity index is 2.51. The number of aromatic amines is 1. The van der Waals surface area contributed by atoms with E-state index in [1.807, 2.05) is 13.1 Å². The molecular weight excluding hydrogens is 262 g/mol. The molecule has 2 aromatic rings. The number of aryl methyl sites for hydroxylation is 1. The first-order valence-electron chi connectivity index (χ1n) is 6.03. The zero-order chi connectivity index (χ0) is 13.5. The fourth-order valence-corrected chi connectivity index (χ4v) is 3.17. The molecule has 1 N–H and O–H groups in total. The first-order valence-corrected chi connectivity index (χ1v) is 7.32. The van der Waals surface area contributed by atoms with Crippen molar-refractivity contribution in [2.45, 2.75) is 46.1 Å². The zero-order valence-electron chi connectivity index (χ0n) is 11.4. The smallest absolute Gasteiger partial charge is 0.178 e. The first kappa shape index (κ1) is 13.5. The number of hydrogen-bond acceptors (Lipinski definition) is 3. The van der Waals surface area contributed by atoms with E-state index < -0.39 is 0 Å². The number of nitrogens with one attached hydrogen (secondary N) is 1. The van der Waals surface area contributed by atoms with Crippen LogP contribution < -0.4 is 0 Å². The fourth-order valence-electron chi connectivity index (χ4n) is 2.02. The van der Waals surface area contributed by atoms with Crippen LogP contribution in [0.1, 0.15) is 50.1 Å². The van der Waals surface area contributed by atoms with Gasteiger partial charge in [0.25, 0.3) is 0 Å². The maximum absolute atomic E-state index is 5.41. The molecule has 0 amide bonds. The van der Waals surface area contributed by atoms with Crippen molar-refractivity contribution in [1.82, 2.24) is 14.5 Å². The van der Waals surface area contributed by atoms with Crippen molar-refractivity contribution in [1.29, 1.82) is 0 Å². The van der Waals surface area contributed by atoms with Crippen molar-refractivity contribution in [2.24, 2.45) is 0 Å². The van der Waals surface area contributed by atoms with E-state index in [2.05, 4.69) is 47.6 Å². The SMILES string of the molecule is Cc1csc(C(C)n2c(C(C)(C)C)c[nH]c2=S)n1. The van der Waals surface area contributed by atoms with Crippen molar-refractivity contribution in [3.8, 4) is 0 Å². The molecule has 5 heteroatoms. The molecule has 0 aliphatic heterocycles.